The summed E-state index contributed by atoms with van der Waals surface area (Å²) in [6.07, 6.45) is 1.64. The van der Waals surface area contributed by atoms with Gasteiger partial charge in [0.1, 0.15) is 11.6 Å². The standard InChI is InChI=1S/C14H14FN3O/c1-9-7-18-14(19-9)10(2)17-8-12-5-11(6-16)3-4-13(12)15/h3-5,7,10,17H,8H2,1-2H3. The number of nitrogens with one attached hydrogen (secondary N) is 1. The van der Waals surface area contributed by atoms with Crippen LogP contribution in [0.4, 0.5) is 4.39 Å². The number of oxazole rings is 1. The van der Waals surface area contributed by atoms with Crippen molar-refractivity contribution in [3.63, 3.8) is 0 Å². The molecular weight excluding hydrogens is 245 g/mol. The number of hydrogen-bond acceptors (Lipinski definition) is 4. The predicted octanol–water partition coefficient (Wildman–Crippen LogP) is 2.84. The molecule has 0 aliphatic heterocycles. The van der Waals surface area contributed by atoms with Crippen LogP contribution < -0.4 is 5.32 Å². The topological polar surface area (TPSA) is 61.9 Å². The van der Waals surface area contributed by atoms with E-state index in [9.17, 15) is 4.39 Å². The molecule has 0 fully saturated rings. The van der Waals surface area contributed by atoms with Gasteiger partial charge in [0.25, 0.3) is 0 Å². The summed E-state index contributed by atoms with van der Waals surface area (Å²) in [4.78, 5) is 4.11. The lowest BCUT2D eigenvalue weighted by molar-refractivity contribution is 0.400. The molecule has 2 aromatic rings. The molecular formula is C14H14FN3O. The summed E-state index contributed by atoms with van der Waals surface area (Å²) in [6.45, 7) is 4.01. The zero-order valence-electron chi connectivity index (χ0n) is 10.8. The summed E-state index contributed by atoms with van der Waals surface area (Å²) in [5.74, 6) is 0.970. The Morgan fingerprint density at radius 2 is 2.32 bits per heavy atom. The third kappa shape index (κ3) is 3.18. The van der Waals surface area contributed by atoms with Crippen molar-refractivity contribution in [1.29, 1.82) is 5.26 Å². The molecule has 0 bridgehead atoms. The first-order valence-corrected chi connectivity index (χ1v) is 5.94. The number of benzene rings is 1. The Bertz CT molecular complexity index is 615. The minimum atomic E-state index is -0.331. The van der Waals surface area contributed by atoms with Gasteiger partial charge in [-0.1, -0.05) is 0 Å². The average molecular weight is 259 g/mol. The number of aromatic nitrogens is 1. The van der Waals surface area contributed by atoms with Crippen LogP contribution in [0.3, 0.4) is 0 Å². The van der Waals surface area contributed by atoms with E-state index in [1.165, 1.54) is 18.2 Å². The average Bonchev–Trinajstić information content (AvgIpc) is 2.84. The maximum Gasteiger partial charge on any atom is 0.211 e. The molecule has 0 saturated heterocycles. The highest BCUT2D eigenvalue weighted by Crippen LogP contribution is 2.15. The van der Waals surface area contributed by atoms with E-state index in [0.717, 1.165) is 5.76 Å². The van der Waals surface area contributed by atoms with Crippen molar-refractivity contribution in [2.45, 2.75) is 26.4 Å². The van der Waals surface area contributed by atoms with Gasteiger partial charge in [-0.05, 0) is 32.0 Å². The molecule has 0 aliphatic carbocycles. The lowest BCUT2D eigenvalue weighted by atomic mass is 10.1. The molecule has 1 atom stereocenters. The largest absolute Gasteiger partial charge is 0.444 e. The van der Waals surface area contributed by atoms with Crippen molar-refractivity contribution in [3.8, 4) is 6.07 Å². The first kappa shape index (κ1) is 13.2. The fraction of sp³-hybridized carbons (Fsp3) is 0.286. The highest BCUT2D eigenvalue weighted by molar-refractivity contribution is 5.33. The van der Waals surface area contributed by atoms with Crippen molar-refractivity contribution < 1.29 is 8.81 Å². The zero-order valence-corrected chi connectivity index (χ0v) is 10.8. The molecule has 1 heterocycles. The Morgan fingerprint density at radius 1 is 1.53 bits per heavy atom. The van der Waals surface area contributed by atoms with Crippen LogP contribution in [-0.4, -0.2) is 4.98 Å². The van der Waals surface area contributed by atoms with Crippen molar-refractivity contribution in [2.24, 2.45) is 0 Å². The maximum absolute atomic E-state index is 13.6. The van der Waals surface area contributed by atoms with Crippen LogP contribution in [0, 0.1) is 24.1 Å². The third-order valence-corrected chi connectivity index (χ3v) is 2.78. The molecule has 5 heteroatoms. The number of halogens is 1. The van der Waals surface area contributed by atoms with Crippen LogP contribution >= 0.6 is 0 Å². The molecule has 0 saturated carbocycles. The Kier molecular flexibility index (Phi) is 3.93. The van der Waals surface area contributed by atoms with E-state index < -0.39 is 0 Å². The van der Waals surface area contributed by atoms with Crippen LogP contribution in [0.1, 0.15) is 35.7 Å². The van der Waals surface area contributed by atoms with E-state index in [1.807, 2.05) is 19.9 Å². The van der Waals surface area contributed by atoms with Gasteiger partial charge in [-0.2, -0.15) is 5.26 Å². The summed E-state index contributed by atoms with van der Waals surface area (Å²) in [7, 11) is 0. The molecule has 19 heavy (non-hydrogen) atoms. The summed E-state index contributed by atoms with van der Waals surface area (Å²) in [5, 5.41) is 11.9. The van der Waals surface area contributed by atoms with Crippen molar-refractivity contribution >= 4 is 0 Å². The highest BCUT2D eigenvalue weighted by atomic mass is 19.1. The number of hydrogen-bond donors (Lipinski definition) is 1. The minimum Gasteiger partial charge on any atom is -0.444 e. The fourth-order valence-electron chi connectivity index (χ4n) is 1.70. The van der Waals surface area contributed by atoms with Crippen LogP contribution in [0.15, 0.2) is 28.8 Å². The van der Waals surface area contributed by atoms with Crippen LogP contribution in [-0.2, 0) is 6.54 Å². The summed E-state index contributed by atoms with van der Waals surface area (Å²) >= 11 is 0. The second-order valence-corrected chi connectivity index (χ2v) is 4.33. The van der Waals surface area contributed by atoms with Gasteiger partial charge < -0.3 is 9.73 Å². The normalized spacial score (nSPS) is 12.1. The molecule has 1 unspecified atom stereocenters. The first-order valence-electron chi connectivity index (χ1n) is 5.94. The van der Waals surface area contributed by atoms with Gasteiger partial charge in [0.2, 0.25) is 5.89 Å². The smallest absolute Gasteiger partial charge is 0.211 e. The third-order valence-electron chi connectivity index (χ3n) is 2.78. The molecule has 0 spiro atoms. The van der Waals surface area contributed by atoms with E-state index in [-0.39, 0.29) is 11.9 Å². The van der Waals surface area contributed by atoms with Gasteiger partial charge in [0.05, 0.1) is 23.9 Å². The maximum atomic E-state index is 13.6. The van der Waals surface area contributed by atoms with Crippen LogP contribution in [0.2, 0.25) is 0 Å². The van der Waals surface area contributed by atoms with Crippen LogP contribution in [0.5, 0.6) is 0 Å². The van der Waals surface area contributed by atoms with Gasteiger partial charge >= 0.3 is 0 Å². The second kappa shape index (κ2) is 5.63. The lowest BCUT2D eigenvalue weighted by Gasteiger charge is -2.11. The molecule has 4 nitrogen and oxygen atoms in total. The Morgan fingerprint density at radius 3 is 2.95 bits per heavy atom. The van der Waals surface area contributed by atoms with E-state index in [2.05, 4.69) is 10.3 Å². The zero-order chi connectivity index (χ0) is 13.8. The summed E-state index contributed by atoms with van der Waals surface area (Å²) in [6, 6.07) is 6.16. The van der Waals surface area contributed by atoms with Gasteiger partial charge in [0.15, 0.2) is 0 Å². The molecule has 2 rings (SSSR count). The first-order chi connectivity index (χ1) is 9.10. The van der Waals surface area contributed by atoms with Gasteiger partial charge in [-0.3, -0.25) is 0 Å². The quantitative estimate of drug-likeness (QED) is 0.917. The number of nitriles is 1. The molecule has 1 aromatic carbocycles. The highest BCUT2D eigenvalue weighted by Gasteiger charge is 2.12. The van der Waals surface area contributed by atoms with Gasteiger partial charge in [0, 0.05) is 12.1 Å². The summed E-state index contributed by atoms with van der Waals surface area (Å²) < 4.78 is 19.0. The van der Waals surface area contributed by atoms with Crippen molar-refractivity contribution in [1.82, 2.24) is 10.3 Å². The van der Waals surface area contributed by atoms with E-state index >= 15 is 0 Å². The molecule has 1 N–H and O–H groups in total. The SMILES string of the molecule is Cc1cnc(C(C)NCc2cc(C#N)ccc2F)o1. The second-order valence-electron chi connectivity index (χ2n) is 4.33. The number of nitrogens with zero attached hydrogens (tertiary/aromatic N) is 2. The Labute approximate surface area is 110 Å². The fourth-order valence-corrected chi connectivity index (χ4v) is 1.70. The Hall–Kier alpha value is -2.19. The van der Waals surface area contributed by atoms with Gasteiger partial charge in [-0.25, -0.2) is 9.37 Å². The molecule has 98 valence electrons. The van der Waals surface area contributed by atoms with Crippen molar-refractivity contribution in [3.05, 3.63) is 53.0 Å². The van der Waals surface area contributed by atoms with E-state index in [1.54, 1.807) is 6.20 Å². The summed E-state index contributed by atoms with van der Waals surface area (Å²) in [5.41, 5.74) is 0.895. The van der Waals surface area contributed by atoms with E-state index in [4.69, 9.17) is 9.68 Å². The predicted molar refractivity (Wildman–Crippen MR) is 67.6 cm³/mol. The minimum absolute atomic E-state index is 0.126. The van der Waals surface area contributed by atoms with Crippen molar-refractivity contribution in [2.75, 3.05) is 0 Å². The van der Waals surface area contributed by atoms with Crippen LogP contribution in [0.25, 0.3) is 0 Å². The number of aryl methyl sites for hydroxylation is 1. The lowest BCUT2D eigenvalue weighted by Crippen LogP contribution is -2.19. The number of rotatable bonds is 4. The molecule has 0 amide bonds. The van der Waals surface area contributed by atoms with Gasteiger partial charge in [-0.15, -0.1) is 0 Å². The molecule has 0 radical (unpaired) electrons. The molecule has 1 aromatic heterocycles. The monoisotopic (exact) mass is 259 g/mol. The Balaban J connectivity index is 2.04. The molecule has 0 aliphatic rings. The van der Waals surface area contributed by atoms with E-state index in [0.29, 0.717) is 23.6 Å².